The van der Waals surface area contributed by atoms with E-state index in [9.17, 15) is 4.79 Å². The molecule has 0 spiro atoms. The van der Waals surface area contributed by atoms with Gasteiger partial charge in [0.2, 0.25) is 0 Å². The molecular weight excluding hydrogens is 210 g/mol. The van der Waals surface area contributed by atoms with Gasteiger partial charge in [-0.15, -0.1) is 11.3 Å². The molecule has 1 fully saturated rings. The summed E-state index contributed by atoms with van der Waals surface area (Å²) < 4.78 is 0. The van der Waals surface area contributed by atoms with Crippen molar-refractivity contribution in [2.45, 2.75) is 25.3 Å². The number of piperidine rings is 1. The first-order valence-electron chi connectivity index (χ1n) is 5.14. The van der Waals surface area contributed by atoms with Crippen molar-refractivity contribution in [1.29, 1.82) is 0 Å². The van der Waals surface area contributed by atoms with Crippen LogP contribution in [-0.2, 0) is 0 Å². The van der Waals surface area contributed by atoms with E-state index in [1.165, 1.54) is 24.2 Å². The molecule has 0 saturated carbocycles. The van der Waals surface area contributed by atoms with Crippen molar-refractivity contribution in [3.8, 4) is 0 Å². The van der Waals surface area contributed by atoms with Crippen molar-refractivity contribution in [2.24, 2.45) is 5.73 Å². The summed E-state index contributed by atoms with van der Waals surface area (Å²) in [6.45, 7) is 1.11. The Kier molecular flexibility index (Phi) is 3.02. The lowest BCUT2D eigenvalue weighted by molar-refractivity contribution is 0.100. The number of thiazole rings is 1. The molecule has 1 aliphatic rings. The molecule has 0 radical (unpaired) electrons. The number of carbonyl (C=O) groups is 1. The maximum atomic E-state index is 11.0. The smallest absolute Gasteiger partial charge is 0.260 e. The highest BCUT2D eigenvalue weighted by Gasteiger charge is 2.23. The Labute approximate surface area is 93.1 Å². The van der Waals surface area contributed by atoms with E-state index in [4.69, 9.17) is 5.73 Å². The van der Waals surface area contributed by atoms with Gasteiger partial charge in [-0.25, -0.2) is 4.98 Å². The van der Waals surface area contributed by atoms with Crippen LogP contribution in [0.2, 0.25) is 0 Å². The van der Waals surface area contributed by atoms with Gasteiger partial charge in [0.1, 0.15) is 9.88 Å². The first-order chi connectivity index (χ1) is 7.18. The zero-order chi connectivity index (χ0) is 10.8. The molecule has 1 unspecified atom stereocenters. The van der Waals surface area contributed by atoms with Gasteiger partial charge in [0, 0.05) is 0 Å². The van der Waals surface area contributed by atoms with Crippen LogP contribution in [0.5, 0.6) is 0 Å². The number of hydrogen-bond acceptors (Lipinski definition) is 4. The predicted octanol–water partition coefficient (Wildman–Crippen LogP) is 1.40. The van der Waals surface area contributed by atoms with Crippen molar-refractivity contribution < 1.29 is 4.79 Å². The molecule has 0 aliphatic carbocycles. The summed E-state index contributed by atoms with van der Waals surface area (Å²) >= 11 is 1.42. The lowest BCUT2D eigenvalue weighted by Crippen LogP contribution is -2.29. The summed E-state index contributed by atoms with van der Waals surface area (Å²) in [5.41, 5.74) is 5.21. The molecule has 1 amide bonds. The molecule has 0 bridgehead atoms. The second-order valence-corrected chi connectivity index (χ2v) is 4.98. The third-order valence-electron chi connectivity index (χ3n) is 2.82. The molecular formula is C10H15N3OS. The maximum Gasteiger partial charge on any atom is 0.260 e. The van der Waals surface area contributed by atoms with Gasteiger partial charge >= 0.3 is 0 Å². The maximum absolute atomic E-state index is 11.0. The van der Waals surface area contributed by atoms with Crippen LogP contribution in [0.15, 0.2) is 6.20 Å². The molecule has 2 N–H and O–H groups in total. The molecule has 0 aromatic carbocycles. The van der Waals surface area contributed by atoms with Gasteiger partial charge in [-0.05, 0) is 26.4 Å². The Morgan fingerprint density at radius 2 is 2.47 bits per heavy atom. The number of primary amides is 1. The summed E-state index contributed by atoms with van der Waals surface area (Å²) in [4.78, 5) is 18.1. The van der Waals surface area contributed by atoms with Crippen molar-refractivity contribution in [3.63, 3.8) is 0 Å². The lowest BCUT2D eigenvalue weighted by Gasteiger charge is -2.30. The van der Waals surface area contributed by atoms with Crippen LogP contribution in [-0.4, -0.2) is 29.4 Å². The molecule has 2 heterocycles. The molecule has 4 nitrogen and oxygen atoms in total. The minimum Gasteiger partial charge on any atom is -0.365 e. The van der Waals surface area contributed by atoms with Crippen molar-refractivity contribution in [2.75, 3.05) is 13.6 Å². The first-order valence-corrected chi connectivity index (χ1v) is 5.96. The molecule has 1 aromatic rings. The minimum absolute atomic E-state index is 0.372. The van der Waals surface area contributed by atoms with Gasteiger partial charge in [0.05, 0.1) is 12.2 Å². The molecule has 1 aromatic heterocycles. The number of likely N-dealkylation sites (tertiary alicyclic amines) is 1. The zero-order valence-electron chi connectivity index (χ0n) is 8.77. The average Bonchev–Trinajstić information content (AvgIpc) is 2.67. The highest BCUT2D eigenvalue weighted by atomic mass is 32.1. The van der Waals surface area contributed by atoms with Crippen LogP contribution in [0.1, 0.15) is 40.0 Å². The monoisotopic (exact) mass is 225 g/mol. The highest BCUT2D eigenvalue weighted by Crippen LogP contribution is 2.31. The Hall–Kier alpha value is -0.940. The highest BCUT2D eigenvalue weighted by molar-refractivity contribution is 7.13. The van der Waals surface area contributed by atoms with E-state index in [0.717, 1.165) is 18.0 Å². The van der Waals surface area contributed by atoms with Crippen LogP contribution in [0, 0.1) is 0 Å². The fourth-order valence-corrected chi connectivity index (χ4v) is 2.91. The third-order valence-corrected chi connectivity index (χ3v) is 3.94. The van der Waals surface area contributed by atoms with Crippen molar-refractivity contribution >= 4 is 17.2 Å². The first kappa shape index (κ1) is 10.6. The van der Waals surface area contributed by atoms with E-state index >= 15 is 0 Å². The summed E-state index contributed by atoms with van der Waals surface area (Å²) in [5, 5.41) is 1.02. The second-order valence-electron chi connectivity index (χ2n) is 3.92. The van der Waals surface area contributed by atoms with Crippen molar-refractivity contribution in [1.82, 2.24) is 9.88 Å². The average molecular weight is 225 g/mol. The number of hydrogen-bond donors (Lipinski definition) is 1. The zero-order valence-corrected chi connectivity index (χ0v) is 9.59. The van der Waals surface area contributed by atoms with Gasteiger partial charge in [0.15, 0.2) is 0 Å². The number of nitrogens with zero attached hydrogens (tertiary/aromatic N) is 2. The van der Waals surface area contributed by atoms with Crippen LogP contribution in [0.3, 0.4) is 0 Å². The van der Waals surface area contributed by atoms with Crippen LogP contribution in [0.25, 0.3) is 0 Å². The SMILES string of the molecule is CN1CCCCC1c1ncc(C(N)=O)s1. The van der Waals surface area contributed by atoms with Crippen LogP contribution < -0.4 is 5.73 Å². The Morgan fingerprint density at radius 1 is 1.67 bits per heavy atom. The molecule has 2 rings (SSSR count). The van der Waals surface area contributed by atoms with E-state index < -0.39 is 0 Å². The Balaban J connectivity index is 2.17. The normalized spacial score (nSPS) is 22.9. The summed E-state index contributed by atoms with van der Waals surface area (Å²) in [6, 6.07) is 0.372. The summed E-state index contributed by atoms with van der Waals surface area (Å²) in [5.74, 6) is -0.378. The lowest BCUT2D eigenvalue weighted by atomic mass is 10.0. The van der Waals surface area contributed by atoms with E-state index in [0.29, 0.717) is 10.9 Å². The number of amides is 1. The molecule has 1 atom stereocenters. The van der Waals surface area contributed by atoms with Gasteiger partial charge in [0.25, 0.3) is 5.91 Å². The molecule has 82 valence electrons. The van der Waals surface area contributed by atoms with Gasteiger partial charge < -0.3 is 5.73 Å². The molecule has 15 heavy (non-hydrogen) atoms. The number of rotatable bonds is 2. The summed E-state index contributed by atoms with van der Waals surface area (Å²) in [6.07, 6.45) is 5.20. The molecule has 1 saturated heterocycles. The van der Waals surface area contributed by atoms with E-state index in [-0.39, 0.29) is 5.91 Å². The Bertz CT molecular complexity index is 363. The fourth-order valence-electron chi connectivity index (χ4n) is 1.94. The minimum atomic E-state index is -0.378. The van der Waals surface area contributed by atoms with Gasteiger partial charge in [-0.3, -0.25) is 9.69 Å². The fraction of sp³-hybridized carbons (Fsp3) is 0.600. The molecule has 1 aliphatic heterocycles. The number of nitrogens with two attached hydrogens (primary N) is 1. The van der Waals surface area contributed by atoms with E-state index in [1.54, 1.807) is 6.20 Å². The van der Waals surface area contributed by atoms with E-state index in [1.807, 2.05) is 0 Å². The van der Waals surface area contributed by atoms with Crippen LogP contribution >= 0.6 is 11.3 Å². The van der Waals surface area contributed by atoms with Crippen molar-refractivity contribution in [3.05, 3.63) is 16.1 Å². The second kappa shape index (κ2) is 4.28. The van der Waals surface area contributed by atoms with Gasteiger partial charge in [-0.1, -0.05) is 6.42 Å². The Morgan fingerprint density at radius 3 is 3.07 bits per heavy atom. The number of carbonyl (C=O) groups excluding carboxylic acids is 1. The largest absolute Gasteiger partial charge is 0.365 e. The van der Waals surface area contributed by atoms with Crippen LogP contribution in [0.4, 0.5) is 0 Å². The predicted molar refractivity (Wildman–Crippen MR) is 59.9 cm³/mol. The topological polar surface area (TPSA) is 59.2 Å². The third kappa shape index (κ3) is 2.18. The molecule has 5 heteroatoms. The standard InChI is InChI=1S/C10H15N3OS/c1-13-5-3-2-4-7(13)10-12-6-8(15-10)9(11)14/h6-7H,2-5H2,1H3,(H2,11,14). The number of aromatic nitrogens is 1. The van der Waals surface area contributed by atoms with E-state index in [2.05, 4.69) is 16.9 Å². The van der Waals surface area contributed by atoms with Gasteiger partial charge in [-0.2, -0.15) is 0 Å². The summed E-state index contributed by atoms with van der Waals surface area (Å²) in [7, 11) is 2.11. The quantitative estimate of drug-likeness (QED) is 0.827.